The lowest BCUT2D eigenvalue weighted by atomic mass is 10.0. The van der Waals surface area contributed by atoms with E-state index in [1.54, 1.807) is 0 Å². The zero-order chi connectivity index (χ0) is 79.2. The zero-order valence-corrected chi connectivity index (χ0v) is 73.0. The Morgan fingerprint density at radius 1 is 0.250 bits per heavy atom. The van der Waals surface area contributed by atoms with Crippen LogP contribution >= 0.6 is 15.6 Å². The summed E-state index contributed by atoms with van der Waals surface area (Å²) in [6.07, 6.45) is 73.7. The quantitative estimate of drug-likeness (QED) is 0.0222. The van der Waals surface area contributed by atoms with Gasteiger partial charge in [-0.1, -0.05) is 427 Å². The second-order valence-electron chi connectivity index (χ2n) is 32.9. The third kappa shape index (κ3) is 82.1. The molecule has 0 rings (SSSR count). The number of carbonyl (C=O) groups is 4. The Morgan fingerprint density at radius 3 is 0.630 bits per heavy atom. The second kappa shape index (κ2) is 80.3. The molecule has 17 nitrogen and oxygen atoms in total. The summed E-state index contributed by atoms with van der Waals surface area (Å²) in [5.41, 5.74) is 0. The van der Waals surface area contributed by atoms with Crippen molar-refractivity contribution in [2.75, 3.05) is 39.6 Å². The number of esters is 4. The number of aliphatic hydroxyl groups is 1. The summed E-state index contributed by atoms with van der Waals surface area (Å²) in [6.45, 7) is 9.73. The van der Waals surface area contributed by atoms with Crippen molar-refractivity contribution in [3.63, 3.8) is 0 Å². The number of rotatable bonds is 88. The van der Waals surface area contributed by atoms with Gasteiger partial charge in [-0.15, -0.1) is 0 Å². The number of hydrogen-bond acceptors (Lipinski definition) is 15. The van der Waals surface area contributed by atoms with E-state index in [4.69, 9.17) is 37.0 Å². The predicted octanol–water partition coefficient (Wildman–Crippen LogP) is 27.4. The van der Waals surface area contributed by atoms with Crippen LogP contribution in [0.4, 0.5) is 0 Å². The first-order valence-electron chi connectivity index (χ1n) is 46.0. The van der Waals surface area contributed by atoms with Crippen LogP contribution < -0.4 is 0 Å². The van der Waals surface area contributed by atoms with Crippen molar-refractivity contribution in [3.8, 4) is 0 Å². The molecule has 0 spiro atoms. The van der Waals surface area contributed by atoms with E-state index in [-0.39, 0.29) is 25.7 Å². The highest BCUT2D eigenvalue weighted by atomic mass is 31.2. The number of phosphoric acid groups is 2. The molecule has 3 N–H and O–H groups in total. The zero-order valence-electron chi connectivity index (χ0n) is 71.2. The molecule has 5 atom stereocenters. The maximum absolute atomic E-state index is 13.2. The maximum atomic E-state index is 13.2. The van der Waals surface area contributed by atoms with Gasteiger partial charge in [0, 0.05) is 25.7 Å². The van der Waals surface area contributed by atoms with Gasteiger partial charge in [-0.2, -0.15) is 0 Å². The third-order valence-corrected chi connectivity index (χ3v) is 22.9. The molecule has 0 aromatic carbocycles. The molecule has 642 valence electrons. The molecule has 0 radical (unpaired) electrons. The Kier molecular flexibility index (Phi) is 78.8. The van der Waals surface area contributed by atoms with Crippen molar-refractivity contribution in [1.82, 2.24) is 0 Å². The highest BCUT2D eigenvalue weighted by Gasteiger charge is 2.31. The van der Waals surface area contributed by atoms with Gasteiger partial charge in [0.2, 0.25) is 0 Å². The highest BCUT2D eigenvalue weighted by Crippen LogP contribution is 2.45. The average molecular weight is 1580 g/mol. The Balaban J connectivity index is 5.22. The lowest BCUT2D eigenvalue weighted by Gasteiger charge is -2.21. The number of ether oxygens (including phenoxy) is 4. The minimum Gasteiger partial charge on any atom is -0.462 e. The summed E-state index contributed by atoms with van der Waals surface area (Å²) in [6, 6.07) is 0. The van der Waals surface area contributed by atoms with Crippen molar-refractivity contribution < 1.29 is 80.2 Å². The van der Waals surface area contributed by atoms with E-state index in [1.165, 1.54) is 295 Å². The number of phosphoric ester groups is 2. The number of hydrogen-bond donors (Lipinski definition) is 3. The van der Waals surface area contributed by atoms with Crippen LogP contribution in [0.5, 0.6) is 0 Å². The monoisotopic (exact) mass is 1580 g/mol. The first-order chi connectivity index (χ1) is 52.4. The standard InChI is InChI=1S/C89H174O17P2/c1-7-9-11-13-15-17-19-20-21-22-23-24-25-26-27-32-38-43-49-55-61-67-73-88(93)106-85(78-100-87(92)72-66-60-54-48-42-37-31-29-28-30-35-40-45-51-57-63-69-81(3)4)80-104-108(97,98)102-76-83(90)75-101-107(95,96)103-79-84(77-99-86(91)71-65-59-53-47-18-16-14-12-10-8-2)105-89(94)74-68-62-56-50-44-39-34-33-36-41-46-52-58-64-70-82(5)6/h81-85,90H,7-80H2,1-6H3,(H,95,96)(H,97,98)/t83-,84+,85+/m0/s1. The molecule has 0 heterocycles. The van der Waals surface area contributed by atoms with Crippen LogP contribution in [0.2, 0.25) is 0 Å². The molecule has 0 saturated carbocycles. The van der Waals surface area contributed by atoms with Gasteiger partial charge in [-0.25, -0.2) is 9.13 Å². The first kappa shape index (κ1) is 106. The van der Waals surface area contributed by atoms with Gasteiger partial charge >= 0.3 is 39.5 Å². The predicted molar refractivity (Wildman–Crippen MR) is 446 cm³/mol. The van der Waals surface area contributed by atoms with Crippen LogP contribution in [0.1, 0.15) is 478 Å². The van der Waals surface area contributed by atoms with E-state index < -0.39 is 97.5 Å². The molecule has 0 aliphatic rings. The van der Waals surface area contributed by atoms with Gasteiger partial charge in [0.1, 0.15) is 19.3 Å². The van der Waals surface area contributed by atoms with Crippen LogP contribution in [0.3, 0.4) is 0 Å². The number of aliphatic hydroxyl groups excluding tert-OH is 1. The average Bonchev–Trinajstić information content (AvgIpc) is 0.899. The van der Waals surface area contributed by atoms with Crippen LogP contribution in [-0.2, 0) is 65.4 Å². The van der Waals surface area contributed by atoms with Crippen molar-refractivity contribution in [2.45, 2.75) is 496 Å². The molecule has 0 aromatic rings. The van der Waals surface area contributed by atoms with E-state index in [9.17, 15) is 43.2 Å². The molecule has 108 heavy (non-hydrogen) atoms. The fourth-order valence-corrected chi connectivity index (χ4v) is 15.5. The van der Waals surface area contributed by atoms with E-state index in [2.05, 4.69) is 41.5 Å². The molecule has 0 bridgehead atoms. The fraction of sp³-hybridized carbons (Fsp3) is 0.955. The number of unbranched alkanes of at least 4 members (excludes halogenated alkanes) is 58. The summed E-state index contributed by atoms with van der Waals surface area (Å²) < 4.78 is 69.0. The Hall–Kier alpha value is -1.94. The summed E-state index contributed by atoms with van der Waals surface area (Å²) in [5, 5.41) is 10.7. The first-order valence-corrected chi connectivity index (χ1v) is 49.0. The summed E-state index contributed by atoms with van der Waals surface area (Å²) in [5.74, 6) is -0.491. The normalized spacial score (nSPS) is 13.8. The maximum Gasteiger partial charge on any atom is 0.472 e. The second-order valence-corrected chi connectivity index (χ2v) is 35.8. The van der Waals surface area contributed by atoms with Crippen LogP contribution in [0.25, 0.3) is 0 Å². The molecule has 0 amide bonds. The van der Waals surface area contributed by atoms with Gasteiger partial charge in [-0.3, -0.25) is 37.3 Å². The number of carbonyl (C=O) groups excluding carboxylic acids is 4. The fourth-order valence-electron chi connectivity index (χ4n) is 14.0. The smallest absolute Gasteiger partial charge is 0.462 e. The van der Waals surface area contributed by atoms with Crippen LogP contribution in [0.15, 0.2) is 0 Å². The molecule has 19 heteroatoms. The molecule has 0 saturated heterocycles. The Labute approximate surface area is 664 Å². The topological polar surface area (TPSA) is 237 Å². The largest absolute Gasteiger partial charge is 0.472 e. The molecular formula is C89H174O17P2. The summed E-state index contributed by atoms with van der Waals surface area (Å²) in [7, 11) is -9.93. The summed E-state index contributed by atoms with van der Waals surface area (Å²) in [4.78, 5) is 73.3. The molecule has 0 fully saturated rings. The Bertz CT molecular complexity index is 2060. The molecular weight excluding hydrogens is 1400 g/mol. The van der Waals surface area contributed by atoms with Crippen molar-refractivity contribution in [3.05, 3.63) is 0 Å². The van der Waals surface area contributed by atoms with Crippen LogP contribution in [0, 0.1) is 11.8 Å². The highest BCUT2D eigenvalue weighted by molar-refractivity contribution is 7.47. The van der Waals surface area contributed by atoms with E-state index in [0.29, 0.717) is 25.7 Å². The third-order valence-electron chi connectivity index (χ3n) is 21.0. The minimum atomic E-state index is -4.97. The van der Waals surface area contributed by atoms with Crippen molar-refractivity contribution in [1.29, 1.82) is 0 Å². The molecule has 0 aromatic heterocycles. The van der Waals surface area contributed by atoms with Crippen LogP contribution in [-0.4, -0.2) is 96.7 Å². The van der Waals surface area contributed by atoms with Crippen molar-refractivity contribution in [2.24, 2.45) is 11.8 Å². The summed E-state index contributed by atoms with van der Waals surface area (Å²) >= 11 is 0. The van der Waals surface area contributed by atoms with Gasteiger partial charge in [0.05, 0.1) is 26.4 Å². The SMILES string of the molecule is CCCCCCCCCCCCCCCCCCCCCCCCC(=O)O[C@H](COC(=O)CCCCCCCCCCCCCCCCCCC(C)C)COP(=O)(O)OC[C@@H](O)COP(=O)(O)OC[C@@H](COC(=O)CCCCCCCCCCCC)OC(=O)CCCCCCCCCCCCCCCCC(C)C. The van der Waals surface area contributed by atoms with Gasteiger partial charge < -0.3 is 33.8 Å². The molecule has 0 aliphatic carbocycles. The molecule has 2 unspecified atom stereocenters. The molecule has 0 aliphatic heterocycles. The van der Waals surface area contributed by atoms with Crippen molar-refractivity contribution >= 4 is 39.5 Å². The lowest BCUT2D eigenvalue weighted by Crippen LogP contribution is -2.30. The van der Waals surface area contributed by atoms with Gasteiger partial charge in [0.25, 0.3) is 0 Å². The van der Waals surface area contributed by atoms with Gasteiger partial charge in [-0.05, 0) is 37.5 Å². The van der Waals surface area contributed by atoms with E-state index in [1.807, 2.05) is 0 Å². The Morgan fingerprint density at radius 2 is 0.426 bits per heavy atom. The van der Waals surface area contributed by atoms with E-state index >= 15 is 0 Å². The minimum absolute atomic E-state index is 0.108. The lowest BCUT2D eigenvalue weighted by molar-refractivity contribution is -0.161. The van der Waals surface area contributed by atoms with Gasteiger partial charge in [0.15, 0.2) is 12.2 Å². The van der Waals surface area contributed by atoms with E-state index in [0.717, 1.165) is 102 Å².